The van der Waals surface area contributed by atoms with Gasteiger partial charge in [0.2, 0.25) is 0 Å². The van der Waals surface area contributed by atoms with E-state index in [9.17, 15) is 4.79 Å². The number of fused-ring (bicyclic) bond motifs is 1. The molecule has 132 valence electrons. The fourth-order valence-corrected chi connectivity index (χ4v) is 4.71. The Morgan fingerprint density at radius 3 is 2.71 bits per heavy atom. The molecule has 0 radical (unpaired) electrons. The van der Waals surface area contributed by atoms with Gasteiger partial charge in [0.15, 0.2) is 0 Å². The van der Waals surface area contributed by atoms with Crippen molar-refractivity contribution in [1.82, 2.24) is 4.90 Å². The number of rotatable bonds is 4. The molecule has 1 saturated heterocycles. The molecule has 0 aromatic heterocycles. The SMILES string of the molecule is CCOC(=O)[C@H]1C[C@H]2CCCCC[C@H]2N([C@H](C)c2ccccc2)C1. The van der Waals surface area contributed by atoms with Crippen LogP contribution in [0.2, 0.25) is 0 Å². The normalized spacial score (nSPS) is 29.3. The summed E-state index contributed by atoms with van der Waals surface area (Å²) < 4.78 is 5.36. The average molecular weight is 329 g/mol. The lowest BCUT2D eigenvalue weighted by molar-refractivity contribution is -0.152. The molecule has 3 heteroatoms. The minimum absolute atomic E-state index is 0.00505. The molecule has 1 heterocycles. The van der Waals surface area contributed by atoms with Crippen LogP contribution in [0.4, 0.5) is 0 Å². The number of carbonyl (C=O) groups is 1. The summed E-state index contributed by atoms with van der Waals surface area (Å²) in [4.78, 5) is 15.0. The van der Waals surface area contributed by atoms with Gasteiger partial charge in [-0.3, -0.25) is 9.69 Å². The summed E-state index contributed by atoms with van der Waals surface area (Å²) in [6.45, 7) is 5.53. The predicted molar refractivity (Wildman–Crippen MR) is 96.7 cm³/mol. The van der Waals surface area contributed by atoms with Crippen LogP contribution in [0.25, 0.3) is 0 Å². The van der Waals surface area contributed by atoms with Gasteiger partial charge in [-0.15, -0.1) is 0 Å². The van der Waals surface area contributed by atoms with Crippen molar-refractivity contribution in [3.8, 4) is 0 Å². The van der Waals surface area contributed by atoms with E-state index in [0.29, 0.717) is 24.6 Å². The summed E-state index contributed by atoms with van der Waals surface area (Å²) in [6, 6.07) is 11.7. The van der Waals surface area contributed by atoms with Crippen molar-refractivity contribution in [2.75, 3.05) is 13.2 Å². The second-order valence-corrected chi connectivity index (χ2v) is 7.43. The minimum atomic E-state index is 0.00505. The van der Waals surface area contributed by atoms with E-state index in [1.165, 1.54) is 37.7 Å². The Bertz CT molecular complexity index is 530. The van der Waals surface area contributed by atoms with E-state index in [-0.39, 0.29) is 11.9 Å². The molecule has 0 amide bonds. The maximum Gasteiger partial charge on any atom is 0.310 e. The molecule has 1 aromatic carbocycles. The molecule has 1 aliphatic heterocycles. The molecule has 2 aliphatic rings. The number of carbonyl (C=O) groups excluding carboxylic acids is 1. The first-order valence-corrected chi connectivity index (χ1v) is 9.68. The Balaban J connectivity index is 1.83. The van der Waals surface area contributed by atoms with Crippen molar-refractivity contribution in [1.29, 1.82) is 0 Å². The van der Waals surface area contributed by atoms with Gasteiger partial charge < -0.3 is 4.74 Å². The Morgan fingerprint density at radius 1 is 1.21 bits per heavy atom. The van der Waals surface area contributed by atoms with Crippen LogP contribution in [0.1, 0.15) is 64.0 Å². The van der Waals surface area contributed by atoms with E-state index in [2.05, 4.69) is 42.2 Å². The first-order chi connectivity index (χ1) is 11.7. The molecule has 24 heavy (non-hydrogen) atoms. The monoisotopic (exact) mass is 329 g/mol. The highest BCUT2D eigenvalue weighted by atomic mass is 16.5. The summed E-state index contributed by atoms with van der Waals surface area (Å²) in [7, 11) is 0. The van der Waals surface area contributed by atoms with E-state index in [1.54, 1.807) is 0 Å². The average Bonchev–Trinajstić information content (AvgIpc) is 2.86. The molecule has 0 unspecified atom stereocenters. The lowest BCUT2D eigenvalue weighted by Crippen LogP contribution is -2.51. The van der Waals surface area contributed by atoms with Crippen LogP contribution in [0.5, 0.6) is 0 Å². The number of benzene rings is 1. The van der Waals surface area contributed by atoms with Crippen molar-refractivity contribution in [2.24, 2.45) is 11.8 Å². The van der Waals surface area contributed by atoms with Gasteiger partial charge >= 0.3 is 5.97 Å². The second-order valence-electron chi connectivity index (χ2n) is 7.43. The summed E-state index contributed by atoms with van der Waals surface area (Å²) in [6.07, 6.45) is 7.52. The molecule has 1 aliphatic carbocycles. The van der Waals surface area contributed by atoms with E-state index in [4.69, 9.17) is 4.74 Å². The standard InChI is InChI=1S/C21H31NO2/c1-3-24-21(23)19-14-18-12-8-5-9-13-20(18)22(15-19)16(2)17-10-6-4-7-11-17/h4,6-7,10-11,16,18-20H,3,5,8-9,12-15H2,1-2H3/t16-,18-,19+,20-/m1/s1. The third-order valence-corrected chi connectivity index (χ3v) is 5.96. The molecule has 3 nitrogen and oxygen atoms in total. The van der Waals surface area contributed by atoms with Crippen molar-refractivity contribution < 1.29 is 9.53 Å². The Hall–Kier alpha value is -1.35. The zero-order valence-electron chi connectivity index (χ0n) is 15.1. The Labute approximate surface area is 146 Å². The van der Waals surface area contributed by atoms with Gasteiger partial charge in [-0.1, -0.05) is 49.6 Å². The molecule has 3 rings (SSSR count). The Morgan fingerprint density at radius 2 is 1.96 bits per heavy atom. The van der Waals surface area contributed by atoms with Gasteiger partial charge in [-0.05, 0) is 44.6 Å². The number of piperidine rings is 1. The van der Waals surface area contributed by atoms with Gasteiger partial charge in [0.05, 0.1) is 12.5 Å². The summed E-state index contributed by atoms with van der Waals surface area (Å²) in [5, 5.41) is 0. The van der Waals surface area contributed by atoms with E-state index < -0.39 is 0 Å². The fraction of sp³-hybridized carbons (Fsp3) is 0.667. The van der Waals surface area contributed by atoms with Crippen molar-refractivity contribution in [2.45, 2.75) is 64.5 Å². The van der Waals surface area contributed by atoms with Crippen LogP contribution in [0.3, 0.4) is 0 Å². The molecule has 1 aromatic rings. The number of hydrogen-bond donors (Lipinski definition) is 0. The second kappa shape index (κ2) is 8.15. The number of ether oxygens (including phenoxy) is 1. The van der Waals surface area contributed by atoms with Gasteiger partial charge in [0.25, 0.3) is 0 Å². The molecule has 1 saturated carbocycles. The smallest absolute Gasteiger partial charge is 0.310 e. The molecular weight excluding hydrogens is 298 g/mol. The van der Waals surface area contributed by atoms with E-state index >= 15 is 0 Å². The molecular formula is C21H31NO2. The number of esters is 1. The van der Waals surface area contributed by atoms with Crippen molar-refractivity contribution in [3.63, 3.8) is 0 Å². The van der Waals surface area contributed by atoms with Gasteiger partial charge in [0.1, 0.15) is 0 Å². The van der Waals surface area contributed by atoms with Crippen molar-refractivity contribution >= 4 is 5.97 Å². The number of nitrogens with zero attached hydrogens (tertiary/aromatic N) is 1. The molecule has 0 N–H and O–H groups in total. The summed E-state index contributed by atoms with van der Waals surface area (Å²) >= 11 is 0. The lowest BCUT2D eigenvalue weighted by atomic mass is 9.79. The molecule has 4 atom stereocenters. The largest absolute Gasteiger partial charge is 0.466 e. The molecule has 0 bridgehead atoms. The highest BCUT2D eigenvalue weighted by Gasteiger charge is 2.41. The van der Waals surface area contributed by atoms with Crippen LogP contribution in [-0.4, -0.2) is 30.1 Å². The van der Waals surface area contributed by atoms with Crippen molar-refractivity contribution in [3.05, 3.63) is 35.9 Å². The van der Waals surface area contributed by atoms with Crippen LogP contribution in [0.15, 0.2) is 30.3 Å². The van der Waals surface area contributed by atoms with Crippen LogP contribution < -0.4 is 0 Å². The highest BCUT2D eigenvalue weighted by Crippen LogP contribution is 2.40. The fourth-order valence-electron chi connectivity index (χ4n) is 4.71. The minimum Gasteiger partial charge on any atom is -0.466 e. The zero-order chi connectivity index (χ0) is 16.9. The molecule has 2 fully saturated rings. The van der Waals surface area contributed by atoms with Gasteiger partial charge in [-0.2, -0.15) is 0 Å². The van der Waals surface area contributed by atoms with Crippen LogP contribution >= 0.6 is 0 Å². The topological polar surface area (TPSA) is 29.5 Å². The van der Waals surface area contributed by atoms with Crippen LogP contribution in [0, 0.1) is 11.8 Å². The predicted octanol–water partition coefficient (Wildman–Crippen LogP) is 4.58. The summed E-state index contributed by atoms with van der Waals surface area (Å²) in [5.74, 6) is 0.683. The Kier molecular flexibility index (Phi) is 5.94. The van der Waals surface area contributed by atoms with E-state index in [1.807, 2.05) is 6.92 Å². The summed E-state index contributed by atoms with van der Waals surface area (Å²) in [5.41, 5.74) is 1.35. The zero-order valence-corrected chi connectivity index (χ0v) is 15.1. The van der Waals surface area contributed by atoms with Gasteiger partial charge in [0, 0.05) is 18.6 Å². The van der Waals surface area contributed by atoms with Gasteiger partial charge in [-0.25, -0.2) is 0 Å². The van der Waals surface area contributed by atoms with E-state index in [0.717, 1.165) is 13.0 Å². The highest BCUT2D eigenvalue weighted by molar-refractivity contribution is 5.72. The molecule has 0 spiro atoms. The first-order valence-electron chi connectivity index (χ1n) is 9.68. The third kappa shape index (κ3) is 3.83. The van der Waals surface area contributed by atoms with Crippen LogP contribution in [-0.2, 0) is 9.53 Å². The maximum absolute atomic E-state index is 12.4. The maximum atomic E-state index is 12.4. The first kappa shape index (κ1) is 17.5. The lowest BCUT2D eigenvalue weighted by Gasteiger charge is -2.46. The quantitative estimate of drug-likeness (QED) is 0.757. The number of likely N-dealkylation sites (tertiary alicyclic amines) is 1. The number of hydrogen-bond acceptors (Lipinski definition) is 3. The third-order valence-electron chi connectivity index (χ3n) is 5.96.